The molecule has 0 fully saturated rings. The Morgan fingerprint density at radius 1 is 1.11 bits per heavy atom. The molecule has 1 aliphatic rings. The number of nitrogens with one attached hydrogen (secondary N) is 1. The van der Waals surface area contributed by atoms with Gasteiger partial charge in [0.15, 0.2) is 5.82 Å². The summed E-state index contributed by atoms with van der Waals surface area (Å²) in [6.07, 6.45) is -0.630. The smallest absolute Gasteiger partial charge is 0.163 e. The van der Waals surface area contributed by atoms with Crippen molar-refractivity contribution in [2.24, 2.45) is 0 Å². The average Bonchev–Trinajstić information content (AvgIpc) is 3.46. The van der Waals surface area contributed by atoms with Gasteiger partial charge in [-0.05, 0) is 57.1 Å². The molecule has 2 N–H and O–H groups in total. The molecule has 3 heterocycles. The van der Waals surface area contributed by atoms with Crippen LogP contribution in [0.4, 0.5) is 5.82 Å². The zero-order valence-corrected chi connectivity index (χ0v) is 22.1. The molecule has 2 aromatic carbocycles. The average molecular weight is 520 g/mol. The van der Waals surface area contributed by atoms with E-state index in [0.717, 1.165) is 41.4 Å². The monoisotopic (exact) mass is 519 g/mol. The lowest BCUT2D eigenvalue weighted by Crippen LogP contribution is -2.29. The Hall–Kier alpha value is -3.46. The quantitative estimate of drug-likeness (QED) is 0.341. The summed E-state index contributed by atoms with van der Waals surface area (Å²) >= 11 is 6.67. The van der Waals surface area contributed by atoms with Gasteiger partial charge in [-0.25, -0.2) is 9.97 Å². The molecule has 0 spiro atoms. The normalized spacial score (nSPS) is 13.6. The Bertz CT molecular complexity index is 1390. The lowest BCUT2D eigenvalue weighted by atomic mass is 10.0. The number of anilines is 1. The Morgan fingerprint density at radius 2 is 1.84 bits per heavy atom. The number of hydrogen-bond acceptors (Lipinski definition) is 8. The van der Waals surface area contributed by atoms with E-state index in [1.807, 2.05) is 26.8 Å². The van der Waals surface area contributed by atoms with Gasteiger partial charge in [0.1, 0.15) is 30.0 Å². The summed E-state index contributed by atoms with van der Waals surface area (Å²) in [4.78, 5) is 12.3. The molecule has 0 saturated heterocycles. The van der Waals surface area contributed by atoms with E-state index in [9.17, 15) is 5.11 Å². The number of likely N-dealkylation sites (N-methyl/N-ethyl adjacent to an activating group) is 1. The molecule has 1 atom stereocenters. The van der Waals surface area contributed by atoms with Crippen LogP contribution in [-0.2, 0) is 13.1 Å². The van der Waals surface area contributed by atoms with Crippen molar-refractivity contribution in [3.63, 3.8) is 0 Å². The minimum absolute atomic E-state index is 0.151. The minimum Gasteiger partial charge on any atom is -0.491 e. The van der Waals surface area contributed by atoms with Gasteiger partial charge >= 0.3 is 0 Å². The molecule has 0 saturated carbocycles. The summed E-state index contributed by atoms with van der Waals surface area (Å²) in [7, 11) is 1.78. The van der Waals surface area contributed by atoms with Crippen molar-refractivity contribution < 1.29 is 14.4 Å². The van der Waals surface area contributed by atoms with E-state index in [-0.39, 0.29) is 6.61 Å². The molecule has 4 aromatic rings. The second-order valence-electron chi connectivity index (χ2n) is 9.33. The van der Waals surface area contributed by atoms with Gasteiger partial charge in [-0.1, -0.05) is 41.0 Å². The molecule has 0 unspecified atom stereocenters. The zero-order chi connectivity index (χ0) is 26.1. The Morgan fingerprint density at radius 3 is 2.49 bits per heavy atom. The molecule has 1 aliphatic heterocycles. The number of fused-ring (bicyclic) bond motifs is 1. The highest BCUT2D eigenvalue weighted by Gasteiger charge is 2.27. The summed E-state index contributed by atoms with van der Waals surface area (Å²) < 4.78 is 11.3. The molecular formula is C28H30ClN5O3. The van der Waals surface area contributed by atoms with Crippen LogP contribution >= 0.6 is 11.6 Å². The van der Waals surface area contributed by atoms with Gasteiger partial charge in [0.2, 0.25) is 0 Å². The molecule has 8 nitrogen and oxygen atoms in total. The number of ether oxygens (including phenoxy) is 1. The number of aromatic nitrogens is 3. The maximum atomic E-state index is 10.0. The first kappa shape index (κ1) is 25.2. The summed E-state index contributed by atoms with van der Waals surface area (Å²) in [5, 5.41) is 17.7. The Kier molecular flexibility index (Phi) is 7.15. The first-order chi connectivity index (χ1) is 17.9. The van der Waals surface area contributed by atoms with Gasteiger partial charge in [0.25, 0.3) is 0 Å². The predicted molar refractivity (Wildman–Crippen MR) is 144 cm³/mol. The van der Waals surface area contributed by atoms with Gasteiger partial charge in [0, 0.05) is 30.8 Å². The summed E-state index contributed by atoms with van der Waals surface area (Å²) in [5.41, 5.74) is 6.56. The van der Waals surface area contributed by atoms with Crippen molar-refractivity contribution in [3.8, 4) is 28.4 Å². The highest BCUT2D eigenvalue weighted by atomic mass is 35.5. The molecule has 37 heavy (non-hydrogen) atoms. The number of aliphatic hydroxyl groups is 1. The lowest BCUT2D eigenvalue weighted by Gasteiger charge is -2.22. The third-order valence-corrected chi connectivity index (χ3v) is 6.92. The molecule has 5 rings (SSSR count). The standard InChI is InChI=1S/C28H30ClN5O3/c1-16-26(25-17(2)33-37-18(25)3)31-27(32-28(16)34-13-19-7-5-6-8-20(19)14-34)23-11-22(9-10-24(23)29)36-15-21(35)12-30-4/h5-11,21,30,35H,12-15H2,1-4H3/t21-/m0/s1. The van der Waals surface area contributed by atoms with E-state index in [2.05, 4.69) is 39.6 Å². The number of rotatable bonds is 8. The first-order valence-electron chi connectivity index (χ1n) is 12.2. The minimum atomic E-state index is -0.630. The van der Waals surface area contributed by atoms with E-state index < -0.39 is 6.10 Å². The van der Waals surface area contributed by atoms with Crippen molar-refractivity contribution in [3.05, 3.63) is 75.6 Å². The summed E-state index contributed by atoms with van der Waals surface area (Å²) in [6.45, 7) is 7.94. The first-order valence-corrected chi connectivity index (χ1v) is 12.6. The number of aryl methyl sites for hydroxylation is 2. The Balaban J connectivity index is 1.60. The van der Waals surface area contributed by atoms with E-state index in [0.29, 0.717) is 34.5 Å². The molecule has 2 aromatic heterocycles. The number of nitrogens with zero attached hydrogens (tertiary/aromatic N) is 4. The molecular weight excluding hydrogens is 490 g/mol. The van der Waals surface area contributed by atoms with Crippen molar-refractivity contribution in [1.82, 2.24) is 20.4 Å². The van der Waals surface area contributed by atoms with Gasteiger partial charge in [-0.3, -0.25) is 0 Å². The van der Waals surface area contributed by atoms with Crippen molar-refractivity contribution in [1.29, 1.82) is 0 Å². The second kappa shape index (κ2) is 10.5. The highest BCUT2D eigenvalue weighted by Crippen LogP contribution is 2.39. The topological polar surface area (TPSA) is 96.5 Å². The summed E-state index contributed by atoms with van der Waals surface area (Å²) in [5.74, 6) is 2.59. The third-order valence-electron chi connectivity index (χ3n) is 6.59. The fraction of sp³-hybridized carbons (Fsp3) is 0.321. The maximum absolute atomic E-state index is 10.0. The van der Waals surface area contributed by atoms with Crippen LogP contribution < -0.4 is 15.0 Å². The lowest BCUT2D eigenvalue weighted by molar-refractivity contribution is 0.108. The molecule has 0 radical (unpaired) electrons. The predicted octanol–water partition coefficient (Wildman–Crippen LogP) is 4.86. The van der Waals surface area contributed by atoms with Crippen LogP contribution in [0.15, 0.2) is 47.0 Å². The van der Waals surface area contributed by atoms with Crippen LogP contribution in [0.25, 0.3) is 22.6 Å². The number of halogens is 1. The molecule has 0 bridgehead atoms. The number of benzene rings is 2. The number of hydrogen-bond donors (Lipinski definition) is 2. The highest BCUT2D eigenvalue weighted by molar-refractivity contribution is 6.33. The SMILES string of the molecule is CNC[C@H](O)COc1ccc(Cl)c(-c2nc(-c3c(C)noc3C)c(C)c(N3Cc4ccccc4C3)n2)c1. The van der Waals surface area contributed by atoms with Crippen molar-refractivity contribution >= 4 is 17.4 Å². The van der Waals surface area contributed by atoms with E-state index in [1.165, 1.54) is 11.1 Å². The largest absolute Gasteiger partial charge is 0.491 e. The van der Waals surface area contributed by atoms with Crippen molar-refractivity contribution in [2.75, 3.05) is 25.1 Å². The van der Waals surface area contributed by atoms with Crippen LogP contribution in [0, 0.1) is 20.8 Å². The fourth-order valence-electron chi connectivity index (χ4n) is 4.73. The van der Waals surface area contributed by atoms with E-state index in [1.54, 1.807) is 19.2 Å². The molecule has 192 valence electrons. The zero-order valence-electron chi connectivity index (χ0n) is 21.4. The van der Waals surface area contributed by atoms with Gasteiger partial charge in [-0.15, -0.1) is 0 Å². The Labute approximate surface area is 221 Å². The number of aliphatic hydroxyl groups excluding tert-OH is 1. The molecule has 0 amide bonds. The van der Waals surface area contributed by atoms with Gasteiger partial charge in [0.05, 0.1) is 22.0 Å². The molecule has 0 aliphatic carbocycles. The van der Waals surface area contributed by atoms with Crippen LogP contribution in [0.3, 0.4) is 0 Å². The van der Waals surface area contributed by atoms with Gasteiger partial charge < -0.3 is 24.6 Å². The van der Waals surface area contributed by atoms with E-state index in [4.69, 9.17) is 30.8 Å². The summed E-state index contributed by atoms with van der Waals surface area (Å²) in [6, 6.07) is 13.8. The van der Waals surface area contributed by atoms with Crippen LogP contribution in [0.2, 0.25) is 5.02 Å². The van der Waals surface area contributed by atoms with E-state index >= 15 is 0 Å². The van der Waals surface area contributed by atoms with Crippen LogP contribution in [-0.4, -0.2) is 46.5 Å². The van der Waals surface area contributed by atoms with Crippen LogP contribution in [0.1, 0.15) is 28.1 Å². The van der Waals surface area contributed by atoms with Crippen molar-refractivity contribution in [2.45, 2.75) is 40.0 Å². The molecule has 9 heteroatoms. The fourth-order valence-corrected chi connectivity index (χ4v) is 4.94. The maximum Gasteiger partial charge on any atom is 0.163 e. The van der Waals surface area contributed by atoms with Crippen LogP contribution in [0.5, 0.6) is 5.75 Å². The van der Waals surface area contributed by atoms with Gasteiger partial charge in [-0.2, -0.15) is 0 Å². The third kappa shape index (κ3) is 5.05. The second-order valence-corrected chi connectivity index (χ2v) is 9.74.